The molecule has 0 aromatic carbocycles. The second kappa shape index (κ2) is 6.96. The van der Waals surface area contributed by atoms with Crippen LogP contribution in [0, 0.1) is 13.8 Å². The number of rotatable bonds is 7. The van der Waals surface area contributed by atoms with Crippen LogP contribution in [-0.2, 0) is 19.6 Å². The van der Waals surface area contributed by atoms with Gasteiger partial charge in [-0.25, -0.2) is 0 Å². The zero-order chi connectivity index (χ0) is 15.4. The summed E-state index contributed by atoms with van der Waals surface area (Å²) in [5.74, 6) is 3.95. The summed E-state index contributed by atoms with van der Waals surface area (Å²) in [6, 6.07) is 6.64. The molecular weight excluding hydrogens is 264 g/mol. The van der Waals surface area contributed by atoms with Crippen LogP contribution in [0.1, 0.15) is 42.5 Å². The molecule has 0 saturated carbocycles. The molecule has 0 fully saturated rings. The molecule has 0 aliphatic heterocycles. The fourth-order valence-electron chi connectivity index (χ4n) is 2.32. The van der Waals surface area contributed by atoms with Gasteiger partial charge in [0.1, 0.15) is 23.0 Å². The zero-order valence-corrected chi connectivity index (χ0v) is 13.7. The maximum atomic E-state index is 5.81. The monoisotopic (exact) mass is 290 g/mol. The van der Waals surface area contributed by atoms with Gasteiger partial charge < -0.3 is 14.2 Å². The van der Waals surface area contributed by atoms with Crippen LogP contribution in [0.4, 0.5) is 0 Å². The van der Waals surface area contributed by atoms with E-state index in [4.69, 9.17) is 8.83 Å². The Hall–Kier alpha value is -1.52. The molecule has 0 aliphatic rings. The van der Waals surface area contributed by atoms with E-state index in [1.807, 2.05) is 26.0 Å². The first kappa shape index (κ1) is 15.9. The average Bonchev–Trinajstić information content (AvgIpc) is 2.94. The third-order valence-corrected chi connectivity index (χ3v) is 3.42. The first-order valence-electron chi connectivity index (χ1n) is 7.49. The molecule has 0 saturated heterocycles. The highest BCUT2D eigenvalue weighted by molar-refractivity contribution is 5.21. The van der Waals surface area contributed by atoms with Gasteiger partial charge >= 0.3 is 0 Å². The maximum Gasteiger partial charge on any atom is 0.118 e. The van der Waals surface area contributed by atoms with E-state index in [2.05, 4.69) is 37.2 Å². The van der Waals surface area contributed by atoms with E-state index in [-0.39, 0.29) is 0 Å². The Balaban J connectivity index is 1.92. The Morgan fingerprint density at radius 1 is 1.10 bits per heavy atom. The summed E-state index contributed by atoms with van der Waals surface area (Å²) in [6.45, 7) is 10.7. The van der Waals surface area contributed by atoms with Gasteiger partial charge in [0.25, 0.3) is 0 Å². The molecule has 2 rings (SSSR count). The summed E-state index contributed by atoms with van der Waals surface area (Å²) in [6.07, 6.45) is 0. The minimum Gasteiger partial charge on any atom is -0.465 e. The van der Waals surface area contributed by atoms with Crippen LogP contribution in [0.25, 0.3) is 0 Å². The molecule has 0 radical (unpaired) electrons. The van der Waals surface area contributed by atoms with Gasteiger partial charge in [0, 0.05) is 18.2 Å². The molecule has 116 valence electrons. The van der Waals surface area contributed by atoms with E-state index in [0.717, 1.165) is 42.7 Å². The van der Waals surface area contributed by atoms with Gasteiger partial charge in [-0.15, -0.1) is 0 Å². The second-order valence-electron chi connectivity index (χ2n) is 6.01. The molecule has 2 aromatic rings. The number of aryl methyl sites for hydroxylation is 2. The van der Waals surface area contributed by atoms with Crippen molar-refractivity contribution < 1.29 is 8.83 Å². The number of nitrogens with zero attached hydrogens (tertiary/aromatic N) is 1. The molecule has 0 atom stereocenters. The predicted octanol–water partition coefficient (Wildman–Crippen LogP) is 3.62. The second-order valence-corrected chi connectivity index (χ2v) is 6.01. The highest BCUT2D eigenvalue weighted by atomic mass is 16.3. The average molecular weight is 290 g/mol. The molecule has 0 spiro atoms. The summed E-state index contributed by atoms with van der Waals surface area (Å²) in [5.41, 5.74) is 1.24. The summed E-state index contributed by atoms with van der Waals surface area (Å²) >= 11 is 0. The smallest absolute Gasteiger partial charge is 0.118 e. The summed E-state index contributed by atoms with van der Waals surface area (Å²) in [4.78, 5) is 2.23. The quantitative estimate of drug-likeness (QED) is 0.845. The lowest BCUT2D eigenvalue weighted by atomic mass is 10.2. The van der Waals surface area contributed by atoms with Gasteiger partial charge in [-0.1, -0.05) is 13.8 Å². The summed E-state index contributed by atoms with van der Waals surface area (Å²) in [7, 11) is 2.09. The molecule has 0 bridgehead atoms. The summed E-state index contributed by atoms with van der Waals surface area (Å²) < 4.78 is 11.4. The van der Waals surface area contributed by atoms with Crippen molar-refractivity contribution in [3.8, 4) is 0 Å². The molecule has 0 aliphatic carbocycles. The third-order valence-electron chi connectivity index (χ3n) is 3.42. The van der Waals surface area contributed by atoms with Crippen LogP contribution < -0.4 is 5.32 Å². The third kappa shape index (κ3) is 4.76. The van der Waals surface area contributed by atoms with Crippen molar-refractivity contribution in [3.63, 3.8) is 0 Å². The van der Waals surface area contributed by atoms with Crippen LogP contribution in [0.5, 0.6) is 0 Å². The SMILES string of the molecule is Cc1ccc(CN(C)Cc2cc(CNC(C)C)oc2C)o1. The van der Waals surface area contributed by atoms with E-state index in [1.54, 1.807) is 0 Å². The predicted molar refractivity (Wildman–Crippen MR) is 84.0 cm³/mol. The van der Waals surface area contributed by atoms with Crippen molar-refractivity contribution in [1.82, 2.24) is 10.2 Å². The number of nitrogens with one attached hydrogen (secondary N) is 1. The molecular formula is C17H26N2O2. The van der Waals surface area contributed by atoms with Crippen LogP contribution in [0.3, 0.4) is 0 Å². The lowest BCUT2D eigenvalue weighted by molar-refractivity contribution is 0.283. The van der Waals surface area contributed by atoms with Crippen LogP contribution >= 0.6 is 0 Å². The molecule has 2 heterocycles. The van der Waals surface area contributed by atoms with Gasteiger partial charge in [-0.2, -0.15) is 0 Å². The van der Waals surface area contributed by atoms with Crippen molar-refractivity contribution in [1.29, 1.82) is 0 Å². The Morgan fingerprint density at radius 2 is 1.86 bits per heavy atom. The Kier molecular flexibility index (Phi) is 5.26. The zero-order valence-electron chi connectivity index (χ0n) is 13.7. The van der Waals surface area contributed by atoms with Crippen LogP contribution in [0.2, 0.25) is 0 Å². The largest absolute Gasteiger partial charge is 0.465 e. The highest BCUT2D eigenvalue weighted by Gasteiger charge is 2.11. The van der Waals surface area contributed by atoms with Crippen molar-refractivity contribution >= 4 is 0 Å². The van der Waals surface area contributed by atoms with Crippen molar-refractivity contribution in [2.75, 3.05) is 7.05 Å². The lowest BCUT2D eigenvalue weighted by Crippen LogP contribution is -2.21. The summed E-state index contributed by atoms with van der Waals surface area (Å²) in [5, 5.41) is 3.38. The van der Waals surface area contributed by atoms with Gasteiger partial charge in [-0.3, -0.25) is 4.90 Å². The van der Waals surface area contributed by atoms with Crippen molar-refractivity contribution in [3.05, 3.63) is 46.8 Å². The number of hydrogen-bond donors (Lipinski definition) is 1. The lowest BCUT2D eigenvalue weighted by Gasteiger charge is -2.14. The van der Waals surface area contributed by atoms with E-state index in [1.165, 1.54) is 5.56 Å². The fraction of sp³-hybridized carbons (Fsp3) is 0.529. The normalized spacial score (nSPS) is 11.8. The van der Waals surface area contributed by atoms with Gasteiger partial charge in [0.2, 0.25) is 0 Å². The maximum absolute atomic E-state index is 5.81. The Labute approximate surface area is 127 Å². The minimum atomic E-state index is 0.462. The van der Waals surface area contributed by atoms with E-state index >= 15 is 0 Å². The molecule has 0 unspecified atom stereocenters. The first-order valence-corrected chi connectivity index (χ1v) is 7.49. The number of hydrogen-bond acceptors (Lipinski definition) is 4. The molecule has 4 nitrogen and oxygen atoms in total. The fourth-order valence-corrected chi connectivity index (χ4v) is 2.32. The molecule has 0 amide bonds. The number of furan rings is 2. The van der Waals surface area contributed by atoms with Gasteiger partial charge in [-0.05, 0) is 39.1 Å². The first-order chi connectivity index (χ1) is 9.94. The van der Waals surface area contributed by atoms with E-state index in [0.29, 0.717) is 6.04 Å². The van der Waals surface area contributed by atoms with Crippen molar-refractivity contribution in [2.45, 2.75) is 53.4 Å². The standard InChI is InChI=1S/C17H26N2O2/c1-12(2)18-9-17-8-15(14(4)21-17)10-19(5)11-16-7-6-13(3)20-16/h6-8,12,18H,9-11H2,1-5H3. The van der Waals surface area contributed by atoms with Crippen molar-refractivity contribution in [2.24, 2.45) is 0 Å². The highest BCUT2D eigenvalue weighted by Crippen LogP contribution is 2.18. The molecule has 4 heteroatoms. The van der Waals surface area contributed by atoms with Crippen LogP contribution in [0.15, 0.2) is 27.0 Å². The van der Waals surface area contributed by atoms with E-state index in [9.17, 15) is 0 Å². The molecule has 21 heavy (non-hydrogen) atoms. The minimum absolute atomic E-state index is 0.462. The molecule has 1 N–H and O–H groups in total. The van der Waals surface area contributed by atoms with Gasteiger partial charge in [0.15, 0.2) is 0 Å². The van der Waals surface area contributed by atoms with E-state index < -0.39 is 0 Å². The molecule has 2 aromatic heterocycles. The van der Waals surface area contributed by atoms with Crippen LogP contribution in [-0.4, -0.2) is 18.0 Å². The van der Waals surface area contributed by atoms with Gasteiger partial charge in [0.05, 0.1) is 13.1 Å². The topological polar surface area (TPSA) is 41.5 Å². The Morgan fingerprint density at radius 3 is 2.48 bits per heavy atom. The Bertz CT molecular complexity index is 569.